The van der Waals surface area contributed by atoms with Gasteiger partial charge in [-0.05, 0) is 73.5 Å². The Kier molecular flexibility index (Phi) is 10.5. The highest BCUT2D eigenvalue weighted by Crippen LogP contribution is 2.56. The summed E-state index contributed by atoms with van der Waals surface area (Å²) >= 11 is 0. The van der Waals surface area contributed by atoms with Crippen LogP contribution in [0.4, 0.5) is 11.4 Å². The van der Waals surface area contributed by atoms with Crippen LogP contribution in [0.1, 0.15) is 84.5 Å². The average molecular weight is 797 g/mol. The molecular formula is C46H48N6O7. The first-order chi connectivity index (χ1) is 28.3. The lowest BCUT2D eigenvalue weighted by Gasteiger charge is -2.63. The number of nitrogens with one attached hydrogen (secondary N) is 1. The van der Waals surface area contributed by atoms with Crippen LogP contribution in [-0.4, -0.2) is 102 Å². The molecule has 1 unspecified atom stereocenters. The van der Waals surface area contributed by atoms with Crippen LogP contribution >= 0.6 is 0 Å². The SMILES string of the molecule is [C-]#[N+]c1ccc(OC2C(C)(C)C(NC(=O)c3ccc(OCCCN4CCN(c5ccc6c(c5)C(=O)N(C5CCC(=O)CC5=O)C6=O)CC4)cc3)C2(C)C)c2cccnc12. The number of fused-ring (bicyclic) bond motifs is 2. The molecule has 2 aliphatic heterocycles. The second kappa shape index (κ2) is 15.6. The van der Waals surface area contributed by atoms with E-state index < -0.39 is 17.9 Å². The van der Waals surface area contributed by atoms with Gasteiger partial charge in [0, 0.05) is 78.9 Å². The smallest absolute Gasteiger partial charge is 0.262 e. The minimum Gasteiger partial charge on any atom is -0.494 e. The van der Waals surface area contributed by atoms with E-state index in [9.17, 15) is 24.0 Å². The van der Waals surface area contributed by atoms with Crippen molar-refractivity contribution in [1.82, 2.24) is 20.1 Å². The molecule has 2 saturated carbocycles. The van der Waals surface area contributed by atoms with Crippen molar-refractivity contribution < 1.29 is 33.4 Å². The van der Waals surface area contributed by atoms with E-state index in [1.165, 1.54) is 0 Å². The molecule has 0 bridgehead atoms. The van der Waals surface area contributed by atoms with Crippen molar-refractivity contribution in [3.8, 4) is 11.5 Å². The van der Waals surface area contributed by atoms with Crippen LogP contribution in [0, 0.1) is 17.4 Å². The lowest BCUT2D eigenvalue weighted by Crippen LogP contribution is -2.74. The standard InChI is InChI=1S/C46H48N6O7/c1-45(2)43(46(3,4)44(45)59-38-18-16-35(47-5)39-33(38)8-6-19-48-39)49-40(55)28-9-13-31(14-10-28)58-25-7-20-50-21-23-51(24-22-50)29-11-15-32-34(26-29)42(57)52(41(32)56)36-17-12-30(53)27-37(36)54/h6,8-11,13-16,18-19,26,36,43-44H,7,12,17,20-25,27H2,1-4H3,(H,49,55). The van der Waals surface area contributed by atoms with Gasteiger partial charge >= 0.3 is 0 Å². The normalized spacial score (nSPS) is 22.5. The number of ether oxygens (including phenoxy) is 2. The van der Waals surface area contributed by atoms with E-state index in [4.69, 9.17) is 16.0 Å². The molecule has 4 aliphatic rings. The summed E-state index contributed by atoms with van der Waals surface area (Å²) in [5.74, 6) is -0.247. The number of benzene rings is 3. The van der Waals surface area contributed by atoms with E-state index in [1.54, 1.807) is 36.5 Å². The maximum absolute atomic E-state index is 13.5. The summed E-state index contributed by atoms with van der Waals surface area (Å²) in [6, 6.07) is 18.8. The molecule has 0 spiro atoms. The van der Waals surface area contributed by atoms with Crippen molar-refractivity contribution in [2.45, 2.75) is 71.6 Å². The second-order valence-corrected chi connectivity index (χ2v) is 17.1. The van der Waals surface area contributed by atoms with E-state index in [2.05, 4.69) is 52.6 Å². The first-order valence-corrected chi connectivity index (χ1v) is 20.3. The van der Waals surface area contributed by atoms with Crippen LogP contribution < -0.4 is 19.7 Å². The Labute approximate surface area is 343 Å². The number of carbonyl (C=O) groups is 5. The van der Waals surface area contributed by atoms with Crippen LogP contribution in [0.2, 0.25) is 0 Å². The van der Waals surface area contributed by atoms with Gasteiger partial charge in [-0.25, -0.2) is 4.85 Å². The molecule has 3 aromatic carbocycles. The van der Waals surface area contributed by atoms with E-state index in [1.807, 2.05) is 36.4 Å². The Hall–Kier alpha value is -6.13. The monoisotopic (exact) mass is 796 g/mol. The summed E-state index contributed by atoms with van der Waals surface area (Å²) < 4.78 is 12.7. The number of Topliss-reactive ketones (excluding diaryl/α,β-unsaturated/α-hetero) is 2. The molecule has 304 valence electrons. The number of aromatic nitrogens is 1. The molecule has 3 amide bonds. The summed E-state index contributed by atoms with van der Waals surface area (Å²) in [6.07, 6.45) is 2.45. The highest BCUT2D eigenvalue weighted by Gasteiger charge is 2.64. The fourth-order valence-corrected chi connectivity index (χ4v) is 9.74. The predicted molar refractivity (Wildman–Crippen MR) is 221 cm³/mol. The molecule has 59 heavy (non-hydrogen) atoms. The number of nitrogens with zero attached hydrogens (tertiary/aromatic N) is 5. The van der Waals surface area contributed by atoms with E-state index in [0.717, 1.165) is 55.1 Å². The van der Waals surface area contributed by atoms with Crippen LogP contribution in [0.5, 0.6) is 11.5 Å². The maximum Gasteiger partial charge on any atom is 0.262 e. The predicted octanol–water partition coefficient (Wildman–Crippen LogP) is 6.28. The zero-order chi connectivity index (χ0) is 41.6. The van der Waals surface area contributed by atoms with Crippen molar-refractivity contribution in [2.75, 3.05) is 44.2 Å². The lowest BCUT2D eigenvalue weighted by atomic mass is 9.49. The number of carbonyl (C=O) groups excluding carboxylic acids is 5. The summed E-state index contributed by atoms with van der Waals surface area (Å²) in [4.78, 5) is 77.8. The lowest BCUT2D eigenvalue weighted by molar-refractivity contribution is -0.163. The number of pyridine rings is 1. The van der Waals surface area contributed by atoms with E-state index in [0.29, 0.717) is 46.0 Å². The van der Waals surface area contributed by atoms with Crippen LogP contribution in [0.25, 0.3) is 15.7 Å². The first-order valence-electron chi connectivity index (χ1n) is 20.3. The van der Waals surface area contributed by atoms with Crippen molar-refractivity contribution in [3.05, 3.63) is 101 Å². The van der Waals surface area contributed by atoms with Gasteiger partial charge in [-0.15, -0.1) is 0 Å². The summed E-state index contributed by atoms with van der Waals surface area (Å²) in [5.41, 5.74) is 2.36. The number of rotatable bonds is 11. The molecule has 2 aliphatic carbocycles. The molecule has 13 nitrogen and oxygen atoms in total. The molecule has 3 fully saturated rings. The van der Waals surface area contributed by atoms with Gasteiger partial charge in [0.15, 0.2) is 5.78 Å². The number of hydrogen-bond acceptors (Lipinski definition) is 10. The Morgan fingerprint density at radius 1 is 0.915 bits per heavy atom. The molecule has 1 saturated heterocycles. The highest BCUT2D eigenvalue weighted by molar-refractivity contribution is 6.24. The highest BCUT2D eigenvalue weighted by atomic mass is 16.5. The molecule has 0 radical (unpaired) electrons. The van der Waals surface area contributed by atoms with Gasteiger partial charge in [0.05, 0.1) is 42.3 Å². The van der Waals surface area contributed by atoms with E-state index >= 15 is 0 Å². The third-order valence-corrected chi connectivity index (χ3v) is 12.6. The Morgan fingerprint density at radius 3 is 2.36 bits per heavy atom. The zero-order valence-electron chi connectivity index (χ0n) is 33.8. The Bertz CT molecular complexity index is 2380. The van der Waals surface area contributed by atoms with Gasteiger partial charge in [0.1, 0.15) is 23.4 Å². The van der Waals surface area contributed by atoms with Crippen LogP contribution in [0.15, 0.2) is 72.9 Å². The fourth-order valence-electron chi connectivity index (χ4n) is 9.74. The molecule has 13 heteroatoms. The third kappa shape index (κ3) is 7.31. The Balaban J connectivity index is 0.782. The number of anilines is 1. The summed E-state index contributed by atoms with van der Waals surface area (Å²) in [5, 5.41) is 4.06. The number of ketones is 2. The van der Waals surface area contributed by atoms with Crippen molar-refractivity contribution in [1.29, 1.82) is 0 Å². The van der Waals surface area contributed by atoms with Gasteiger partial charge in [-0.3, -0.25) is 38.8 Å². The topological polar surface area (TPSA) is 143 Å². The molecule has 8 rings (SSSR count). The number of amides is 3. The quantitative estimate of drug-likeness (QED) is 0.0799. The maximum atomic E-state index is 13.5. The van der Waals surface area contributed by atoms with Crippen LogP contribution in [0.3, 0.4) is 0 Å². The molecule has 1 N–H and O–H groups in total. The summed E-state index contributed by atoms with van der Waals surface area (Å²) in [6.45, 7) is 20.5. The number of hydrogen-bond donors (Lipinski definition) is 1. The molecular weight excluding hydrogens is 749 g/mol. The van der Waals surface area contributed by atoms with E-state index in [-0.39, 0.29) is 59.7 Å². The molecule has 4 aromatic rings. The fraction of sp³-hybridized carbons (Fsp3) is 0.413. The zero-order valence-corrected chi connectivity index (χ0v) is 33.8. The van der Waals surface area contributed by atoms with Crippen molar-refractivity contribution in [3.63, 3.8) is 0 Å². The first kappa shape index (κ1) is 39.7. The summed E-state index contributed by atoms with van der Waals surface area (Å²) in [7, 11) is 0. The van der Waals surface area contributed by atoms with Gasteiger partial charge in [0.2, 0.25) is 5.69 Å². The van der Waals surface area contributed by atoms with Crippen LogP contribution in [-0.2, 0) is 9.59 Å². The second-order valence-electron chi connectivity index (χ2n) is 17.1. The molecule has 3 heterocycles. The Morgan fingerprint density at radius 2 is 1.64 bits per heavy atom. The van der Waals surface area contributed by atoms with Gasteiger partial charge in [-0.1, -0.05) is 33.8 Å². The number of piperazine rings is 1. The molecule has 1 atom stereocenters. The largest absolute Gasteiger partial charge is 0.494 e. The van der Waals surface area contributed by atoms with Gasteiger partial charge < -0.3 is 19.7 Å². The van der Waals surface area contributed by atoms with Gasteiger partial charge in [0.25, 0.3) is 17.7 Å². The van der Waals surface area contributed by atoms with Crippen molar-refractivity contribution in [2.24, 2.45) is 10.8 Å². The molecule has 1 aromatic heterocycles. The van der Waals surface area contributed by atoms with Gasteiger partial charge in [-0.2, -0.15) is 0 Å². The van der Waals surface area contributed by atoms with Crippen molar-refractivity contribution >= 4 is 51.6 Å². The third-order valence-electron chi connectivity index (χ3n) is 12.6. The average Bonchev–Trinajstić information content (AvgIpc) is 3.48. The minimum absolute atomic E-state index is 0.152. The number of imide groups is 1. The minimum atomic E-state index is -0.875.